The van der Waals surface area contributed by atoms with E-state index in [2.05, 4.69) is 5.16 Å². The van der Waals surface area contributed by atoms with Crippen molar-refractivity contribution in [1.29, 1.82) is 0 Å². The van der Waals surface area contributed by atoms with Crippen molar-refractivity contribution < 1.29 is 21.7 Å². The summed E-state index contributed by atoms with van der Waals surface area (Å²) in [4.78, 5) is 0. The lowest BCUT2D eigenvalue weighted by atomic mass is 10.2. The molecule has 1 aromatic carbocycles. The molecule has 6 nitrogen and oxygen atoms in total. The van der Waals surface area contributed by atoms with Crippen LogP contribution < -0.4 is 10.5 Å². The van der Waals surface area contributed by atoms with Crippen molar-refractivity contribution in [2.75, 3.05) is 10.5 Å². The molecule has 1 heterocycles. The summed E-state index contributed by atoms with van der Waals surface area (Å²) in [6, 6.07) is 2.79. The summed E-state index contributed by atoms with van der Waals surface area (Å²) in [5, 5.41) is 3.52. The molecule has 0 fully saturated rings. The molecule has 0 saturated heterocycles. The predicted octanol–water partition coefficient (Wildman–Crippen LogP) is 1.79. The molecule has 20 heavy (non-hydrogen) atoms. The zero-order chi connectivity index (χ0) is 14.9. The Morgan fingerprint density at radius 1 is 1.35 bits per heavy atom. The van der Waals surface area contributed by atoms with Crippen LogP contribution >= 0.6 is 0 Å². The third-order valence-corrected chi connectivity index (χ3v) is 3.55. The van der Waals surface area contributed by atoms with Gasteiger partial charge in [0.25, 0.3) is 0 Å². The van der Waals surface area contributed by atoms with Gasteiger partial charge in [-0.1, -0.05) is 5.16 Å². The summed E-state index contributed by atoms with van der Waals surface area (Å²) in [5.41, 5.74) is 4.71. The second kappa shape index (κ2) is 5.08. The molecule has 0 atom stereocenters. The molecule has 0 saturated carbocycles. The first-order chi connectivity index (χ1) is 9.27. The molecule has 2 rings (SSSR count). The third kappa shape index (κ3) is 3.23. The van der Waals surface area contributed by atoms with Gasteiger partial charge in [-0.25, -0.2) is 17.2 Å². The van der Waals surface area contributed by atoms with Crippen LogP contribution in [0.5, 0.6) is 0 Å². The van der Waals surface area contributed by atoms with E-state index in [1.807, 2.05) is 4.72 Å². The lowest BCUT2D eigenvalue weighted by Gasteiger charge is -2.10. The molecular weight excluding hydrogens is 292 g/mol. The van der Waals surface area contributed by atoms with E-state index in [0.717, 1.165) is 6.07 Å². The molecule has 0 bridgehead atoms. The van der Waals surface area contributed by atoms with Crippen LogP contribution in [0.15, 0.2) is 22.7 Å². The first-order valence-corrected chi connectivity index (χ1v) is 7.09. The maximum absolute atomic E-state index is 13.5. The molecule has 9 heteroatoms. The van der Waals surface area contributed by atoms with Gasteiger partial charge in [0.05, 0.1) is 5.69 Å². The van der Waals surface area contributed by atoms with Crippen LogP contribution in [0.25, 0.3) is 0 Å². The van der Waals surface area contributed by atoms with Gasteiger partial charge >= 0.3 is 0 Å². The number of rotatable bonds is 4. The summed E-state index contributed by atoms with van der Waals surface area (Å²) < 4.78 is 56.8. The van der Waals surface area contributed by atoms with E-state index in [-0.39, 0.29) is 11.4 Å². The summed E-state index contributed by atoms with van der Waals surface area (Å²) in [7, 11) is -3.95. The smallest absolute Gasteiger partial charge is 0.238 e. The highest BCUT2D eigenvalue weighted by atomic mass is 32.2. The van der Waals surface area contributed by atoms with Gasteiger partial charge in [-0.05, 0) is 13.0 Å². The van der Waals surface area contributed by atoms with Crippen molar-refractivity contribution in [2.45, 2.75) is 12.7 Å². The number of nitrogens with one attached hydrogen (secondary N) is 1. The van der Waals surface area contributed by atoms with Crippen LogP contribution in [-0.2, 0) is 15.8 Å². The Morgan fingerprint density at radius 3 is 2.60 bits per heavy atom. The van der Waals surface area contributed by atoms with Crippen LogP contribution in [0.3, 0.4) is 0 Å². The molecule has 0 spiro atoms. The van der Waals surface area contributed by atoms with E-state index >= 15 is 0 Å². The second-order valence-corrected chi connectivity index (χ2v) is 5.86. The Morgan fingerprint density at radius 2 is 2.05 bits per heavy atom. The van der Waals surface area contributed by atoms with Crippen molar-refractivity contribution in [3.63, 3.8) is 0 Å². The van der Waals surface area contributed by atoms with Crippen LogP contribution in [0.2, 0.25) is 0 Å². The molecule has 0 aliphatic carbocycles. The fourth-order valence-corrected chi connectivity index (χ4v) is 2.70. The highest BCUT2D eigenvalue weighted by Gasteiger charge is 2.19. The number of hydrogen-bond acceptors (Lipinski definition) is 5. The van der Waals surface area contributed by atoms with E-state index in [0.29, 0.717) is 11.8 Å². The standard InChI is InChI=1S/C11H11F2N3O3S/c1-6-2-8(15-19-6)5-20(17,18)16-11-9(13)3-7(12)4-10(11)14/h2-4,16H,5,14H2,1H3. The van der Waals surface area contributed by atoms with Crippen molar-refractivity contribution >= 4 is 21.4 Å². The maximum atomic E-state index is 13.5. The topological polar surface area (TPSA) is 98.2 Å². The number of anilines is 2. The Balaban J connectivity index is 2.25. The second-order valence-electron chi connectivity index (χ2n) is 4.14. The SMILES string of the molecule is Cc1cc(CS(=O)(=O)Nc2c(N)cc(F)cc2F)no1. The van der Waals surface area contributed by atoms with Crippen molar-refractivity contribution in [2.24, 2.45) is 0 Å². The van der Waals surface area contributed by atoms with Crippen LogP contribution in [0.4, 0.5) is 20.2 Å². The zero-order valence-electron chi connectivity index (χ0n) is 10.4. The number of nitrogens with zero attached hydrogens (tertiary/aromatic N) is 1. The Hall–Kier alpha value is -2.16. The summed E-state index contributed by atoms with van der Waals surface area (Å²) in [6.45, 7) is 1.61. The average Bonchev–Trinajstić information content (AvgIpc) is 2.68. The average molecular weight is 303 g/mol. The largest absolute Gasteiger partial charge is 0.397 e. The molecule has 1 aromatic heterocycles. The third-order valence-electron chi connectivity index (χ3n) is 2.36. The highest BCUT2D eigenvalue weighted by Crippen LogP contribution is 2.25. The van der Waals surface area contributed by atoms with Gasteiger partial charge in [0, 0.05) is 12.1 Å². The monoisotopic (exact) mass is 303 g/mol. The molecule has 3 N–H and O–H groups in total. The Labute approximate surface area is 113 Å². The van der Waals surface area contributed by atoms with Gasteiger partial charge in [-0.3, -0.25) is 4.72 Å². The summed E-state index contributed by atoms with van der Waals surface area (Å²) in [5.74, 6) is -2.05. The molecule has 0 aliphatic rings. The number of sulfonamides is 1. The minimum absolute atomic E-state index is 0.163. The van der Waals surface area contributed by atoms with E-state index in [1.54, 1.807) is 6.92 Å². The number of nitrogen functional groups attached to an aromatic ring is 1. The number of hydrogen-bond donors (Lipinski definition) is 2. The quantitative estimate of drug-likeness (QED) is 0.839. The van der Waals surface area contributed by atoms with Gasteiger partial charge in [0.2, 0.25) is 10.0 Å². The lowest BCUT2D eigenvalue weighted by Crippen LogP contribution is -2.17. The van der Waals surface area contributed by atoms with E-state index < -0.39 is 33.1 Å². The van der Waals surface area contributed by atoms with Crippen molar-refractivity contribution in [3.05, 3.63) is 41.3 Å². The fourth-order valence-electron chi connectivity index (χ4n) is 1.57. The van der Waals surface area contributed by atoms with Gasteiger partial charge in [0.15, 0.2) is 5.82 Å². The van der Waals surface area contributed by atoms with E-state index in [4.69, 9.17) is 10.3 Å². The lowest BCUT2D eigenvalue weighted by molar-refractivity contribution is 0.392. The minimum Gasteiger partial charge on any atom is -0.397 e. The van der Waals surface area contributed by atoms with Crippen LogP contribution in [0.1, 0.15) is 11.5 Å². The summed E-state index contributed by atoms with van der Waals surface area (Å²) in [6.07, 6.45) is 0. The van der Waals surface area contributed by atoms with Crippen molar-refractivity contribution in [1.82, 2.24) is 5.16 Å². The zero-order valence-corrected chi connectivity index (χ0v) is 11.2. The van der Waals surface area contributed by atoms with E-state index in [9.17, 15) is 17.2 Å². The van der Waals surface area contributed by atoms with Crippen molar-refractivity contribution in [3.8, 4) is 0 Å². The van der Waals surface area contributed by atoms with Gasteiger partial charge in [-0.2, -0.15) is 0 Å². The van der Waals surface area contributed by atoms with Crippen LogP contribution in [-0.4, -0.2) is 13.6 Å². The maximum Gasteiger partial charge on any atom is 0.238 e. The molecule has 0 radical (unpaired) electrons. The first-order valence-electron chi connectivity index (χ1n) is 5.44. The Bertz CT molecular complexity index is 720. The molecular formula is C11H11F2N3O3S. The summed E-state index contributed by atoms with van der Waals surface area (Å²) >= 11 is 0. The highest BCUT2D eigenvalue weighted by molar-refractivity contribution is 7.91. The van der Waals surface area contributed by atoms with Gasteiger partial charge in [-0.15, -0.1) is 0 Å². The Kier molecular flexibility index (Phi) is 3.62. The van der Waals surface area contributed by atoms with Gasteiger partial charge < -0.3 is 10.3 Å². The predicted molar refractivity (Wildman–Crippen MR) is 68.3 cm³/mol. The fraction of sp³-hybridized carbons (Fsp3) is 0.182. The first kappa shape index (κ1) is 14.3. The number of aryl methyl sites for hydroxylation is 1. The number of halogens is 2. The molecule has 0 aliphatic heterocycles. The van der Waals surface area contributed by atoms with E-state index in [1.165, 1.54) is 6.07 Å². The van der Waals surface area contributed by atoms with Gasteiger partial charge in [0.1, 0.15) is 28.7 Å². The molecule has 0 amide bonds. The molecule has 2 aromatic rings. The normalized spacial score (nSPS) is 11.6. The number of aromatic nitrogens is 1. The minimum atomic E-state index is -3.95. The van der Waals surface area contributed by atoms with Crippen LogP contribution in [0, 0.1) is 18.6 Å². The molecule has 0 unspecified atom stereocenters. The number of nitrogens with two attached hydrogens (primary N) is 1. The number of benzene rings is 1. The molecule has 108 valence electrons.